The lowest BCUT2D eigenvalue weighted by Crippen LogP contribution is -2.63. The van der Waals surface area contributed by atoms with E-state index in [9.17, 15) is 9.90 Å². The van der Waals surface area contributed by atoms with Crippen molar-refractivity contribution in [3.63, 3.8) is 0 Å². The van der Waals surface area contributed by atoms with Gasteiger partial charge in [-0.15, -0.1) is 0 Å². The van der Waals surface area contributed by atoms with Crippen molar-refractivity contribution in [3.05, 3.63) is 82.4 Å². The van der Waals surface area contributed by atoms with Crippen LogP contribution in [0.15, 0.2) is 54.6 Å². The van der Waals surface area contributed by atoms with E-state index in [2.05, 4.69) is 87.5 Å². The number of rotatable bonds is 3. The molecule has 0 saturated carbocycles. The summed E-state index contributed by atoms with van der Waals surface area (Å²) in [5, 5.41) is 12.3. The number of hydrogen-bond donors (Lipinski definition) is 1. The molecule has 0 aromatic heterocycles. The van der Waals surface area contributed by atoms with E-state index in [1.165, 1.54) is 32.9 Å². The predicted molar refractivity (Wildman–Crippen MR) is 136 cm³/mol. The number of carbonyl (C=O) groups is 1. The van der Waals surface area contributed by atoms with E-state index >= 15 is 0 Å². The summed E-state index contributed by atoms with van der Waals surface area (Å²) in [4.78, 5) is 15.9. The summed E-state index contributed by atoms with van der Waals surface area (Å²) in [6, 6.07) is 18.9. The van der Waals surface area contributed by atoms with Gasteiger partial charge in [0.25, 0.3) is 0 Å². The van der Waals surface area contributed by atoms with Crippen molar-refractivity contribution in [1.29, 1.82) is 0 Å². The molecule has 1 N–H and O–H groups in total. The van der Waals surface area contributed by atoms with Gasteiger partial charge in [0.2, 0.25) is 0 Å². The summed E-state index contributed by atoms with van der Waals surface area (Å²) in [5.41, 5.74) is 6.30. The minimum Gasteiger partial charge on any atom is -0.478 e. The highest BCUT2D eigenvalue weighted by Gasteiger charge is 2.53. The zero-order chi connectivity index (χ0) is 23.7. The minimum atomic E-state index is -2.06. The van der Waals surface area contributed by atoms with Gasteiger partial charge in [-0.3, -0.25) is 0 Å². The molecule has 170 valence electrons. The van der Waals surface area contributed by atoms with Crippen molar-refractivity contribution >= 4 is 35.8 Å². The number of carboxylic acid groups (broad SMARTS) is 1. The standard InChI is InChI=1S/C27H30N2O3Si/c1-28(2)19-8-11-22-24(14-19)33(5,6)25-15-20(29(3)4)9-12-23(25)27(22)21-10-7-17(26(30)31)13-18(21)16-32-27/h7-15H,16H2,1-6H3,(H,30,31). The van der Waals surface area contributed by atoms with Crippen molar-refractivity contribution in [3.8, 4) is 0 Å². The highest BCUT2D eigenvalue weighted by atomic mass is 28.3. The molecule has 6 heteroatoms. The van der Waals surface area contributed by atoms with E-state index in [-0.39, 0.29) is 0 Å². The van der Waals surface area contributed by atoms with Gasteiger partial charge < -0.3 is 19.6 Å². The van der Waals surface area contributed by atoms with Gasteiger partial charge in [0, 0.05) is 39.6 Å². The number of hydrogen-bond acceptors (Lipinski definition) is 4. The molecule has 0 saturated heterocycles. The Morgan fingerprint density at radius 2 is 1.36 bits per heavy atom. The molecular formula is C27H30N2O3Si. The fraction of sp³-hybridized carbons (Fsp3) is 0.296. The summed E-state index contributed by atoms with van der Waals surface area (Å²) in [5.74, 6) is -0.914. The SMILES string of the molecule is CN(C)c1ccc2c(c1)[Si](C)(C)c1cc(N(C)C)ccc1C21OCc2cc(C(=O)O)ccc21. The highest BCUT2D eigenvalue weighted by molar-refractivity contribution is 7.01. The minimum absolute atomic E-state index is 0.297. The topological polar surface area (TPSA) is 53.0 Å². The molecule has 5 nitrogen and oxygen atoms in total. The average Bonchev–Trinajstić information content (AvgIpc) is 3.16. The van der Waals surface area contributed by atoms with Gasteiger partial charge in [0.1, 0.15) is 13.7 Å². The number of carboxylic acids is 1. The van der Waals surface area contributed by atoms with E-state index in [4.69, 9.17) is 4.74 Å². The molecule has 3 aromatic carbocycles. The largest absolute Gasteiger partial charge is 0.478 e. The lowest BCUT2D eigenvalue weighted by atomic mass is 9.79. The second-order valence-electron chi connectivity index (χ2n) is 10.0. The lowest BCUT2D eigenvalue weighted by molar-refractivity contribution is 0.0276. The van der Waals surface area contributed by atoms with Gasteiger partial charge in [0.15, 0.2) is 0 Å². The Morgan fingerprint density at radius 3 is 1.85 bits per heavy atom. The Hall–Kier alpha value is -3.09. The highest BCUT2D eigenvalue weighted by Crippen LogP contribution is 2.49. The third-order valence-corrected chi connectivity index (χ3v) is 10.8. The van der Waals surface area contributed by atoms with Crippen LogP contribution in [0.5, 0.6) is 0 Å². The van der Waals surface area contributed by atoms with Gasteiger partial charge in [-0.05, 0) is 69.0 Å². The summed E-state index contributed by atoms with van der Waals surface area (Å²) < 4.78 is 6.74. The van der Waals surface area contributed by atoms with Crippen molar-refractivity contribution in [2.45, 2.75) is 25.3 Å². The first-order chi connectivity index (χ1) is 15.6. The quantitative estimate of drug-likeness (QED) is 0.609. The zero-order valence-corrected chi connectivity index (χ0v) is 21.1. The molecule has 2 aliphatic rings. The fourth-order valence-electron chi connectivity index (χ4n) is 5.46. The normalized spacial score (nSPS) is 16.7. The molecule has 1 spiro atoms. The summed E-state index contributed by atoms with van der Waals surface area (Å²) in [7, 11) is 6.23. The Bertz CT molecular complexity index is 1240. The second-order valence-corrected chi connectivity index (χ2v) is 14.3. The Morgan fingerprint density at radius 1 is 0.848 bits per heavy atom. The molecule has 0 unspecified atom stereocenters. The van der Waals surface area contributed by atoms with Gasteiger partial charge in [-0.25, -0.2) is 4.79 Å². The predicted octanol–water partition coefficient (Wildman–Crippen LogP) is 3.47. The molecule has 33 heavy (non-hydrogen) atoms. The maximum absolute atomic E-state index is 11.6. The molecule has 0 bridgehead atoms. The first kappa shape index (κ1) is 21.7. The van der Waals surface area contributed by atoms with Crippen LogP contribution in [0.25, 0.3) is 0 Å². The van der Waals surface area contributed by atoms with Crippen LogP contribution in [0.3, 0.4) is 0 Å². The first-order valence-electron chi connectivity index (χ1n) is 11.2. The molecule has 5 rings (SSSR count). The van der Waals surface area contributed by atoms with Crippen molar-refractivity contribution in [2.75, 3.05) is 38.0 Å². The molecular weight excluding hydrogens is 428 g/mol. The van der Waals surface area contributed by atoms with Crippen LogP contribution in [-0.4, -0.2) is 47.3 Å². The molecule has 0 radical (unpaired) electrons. The van der Waals surface area contributed by atoms with Crippen LogP contribution in [0.4, 0.5) is 11.4 Å². The van der Waals surface area contributed by atoms with Crippen LogP contribution in [0.1, 0.15) is 32.6 Å². The van der Waals surface area contributed by atoms with E-state index in [0.717, 1.165) is 11.1 Å². The maximum Gasteiger partial charge on any atom is 0.335 e. The number of ether oxygens (including phenoxy) is 1. The van der Waals surface area contributed by atoms with Crippen LogP contribution in [0, 0.1) is 0 Å². The number of fused-ring (bicyclic) bond motifs is 6. The van der Waals surface area contributed by atoms with Gasteiger partial charge in [-0.1, -0.05) is 31.3 Å². The van der Waals surface area contributed by atoms with Crippen molar-refractivity contribution < 1.29 is 14.6 Å². The van der Waals surface area contributed by atoms with E-state index in [1.54, 1.807) is 12.1 Å². The number of nitrogens with zero attached hydrogens (tertiary/aromatic N) is 2. The fourth-order valence-corrected chi connectivity index (χ4v) is 8.63. The average molecular weight is 459 g/mol. The van der Waals surface area contributed by atoms with Crippen LogP contribution >= 0.6 is 0 Å². The van der Waals surface area contributed by atoms with Crippen LogP contribution in [-0.2, 0) is 16.9 Å². The third-order valence-electron chi connectivity index (χ3n) is 7.32. The monoisotopic (exact) mass is 458 g/mol. The molecule has 0 aliphatic carbocycles. The van der Waals surface area contributed by atoms with Gasteiger partial charge in [-0.2, -0.15) is 0 Å². The van der Waals surface area contributed by atoms with Crippen LogP contribution < -0.4 is 20.2 Å². The molecule has 3 aromatic rings. The van der Waals surface area contributed by atoms with Crippen LogP contribution in [0.2, 0.25) is 13.1 Å². The summed E-state index contributed by atoms with van der Waals surface area (Å²) in [6.45, 7) is 5.22. The summed E-state index contributed by atoms with van der Waals surface area (Å²) in [6.07, 6.45) is 0. The first-order valence-corrected chi connectivity index (χ1v) is 14.2. The van der Waals surface area contributed by atoms with E-state index in [1.807, 2.05) is 6.07 Å². The van der Waals surface area contributed by atoms with Gasteiger partial charge >= 0.3 is 5.97 Å². The molecule has 0 amide bonds. The summed E-state index contributed by atoms with van der Waals surface area (Å²) >= 11 is 0. The third kappa shape index (κ3) is 2.97. The molecule has 2 heterocycles. The van der Waals surface area contributed by atoms with Crippen molar-refractivity contribution in [2.24, 2.45) is 0 Å². The van der Waals surface area contributed by atoms with Crippen molar-refractivity contribution in [1.82, 2.24) is 0 Å². The number of benzene rings is 3. The number of anilines is 2. The van der Waals surface area contributed by atoms with Gasteiger partial charge in [0.05, 0.1) is 12.2 Å². The zero-order valence-electron chi connectivity index (χ0n) is 20.1. The smallest absolute Gasteiger partial charge is 0.335 e. The molecule has 0 fully saturated rings. The maximum atomic E-state index is 11.6. The van der Waals surface area contributed by atoms with E-state index < -0.39 is 19.6 Å². The Kier molecular flexibility index (Phi) is 4.74. The Labute approximate surface area is 196 Å². The molecule has 0 atom stereocenters. The second kappa shape index (κ2) is 7.20. The Balaban J connectivity index is 1.86. The number of aromatic carboxylic acids is 1. The van der Waals surface area contributed by atoms with E-state index in [0.29, 0.717) is 12.2 Å². The lowest BCUT2D eigenvalue weighted by Gasteiger charge is -2.45. The molecule has 2 aliphatic heterocycles.